The molecular formula is C31H30Cl4N5OP. The summed E-state index contributed by atoms with van der Waals surface area (Å²) >= 11 is 25.3. The summed E-state index contributed by atoms with van der Waals surface area (Å²) in [6.07, 6.45) is 5.95. The largest absolute Gasteiger partial charge is 0.328 e. The Hall–Kier alpha value is -2.28. The fourth-order valence-corrected chi connectivity index (χ4v) is 9.29. The van der Waals surface area contributed by atoms with Crippen LogP contribution in [-0.2, 0) is 4.57 Å². The summed E-state index contributed by atoms with van der Waals surface area (Å²) in [5.74, 6) is 0.948. The van der Waals surface area contributed by atoms with Gasteiger partial charge in [-0.05, 0) is 85.3 Å². The SMILES string of the molecule is C=C[C@H]1CN2CC[C@H]1C[C@@H]2[C@@H](NP(=O)(Nc1cc(Cl)cc(Cl)c1)Nc1cc(Cl)cc(Cl)c1)c1ccnc2ccccc12. The third kappa shape index (κ3) is 6.46. The predicted molar refractivity (Wildman–Crippen MR) is 177 cm³/mol. The van der Waals surface area contributed by atoms with E-state index in [2.05, 4.69) is 43.9 Å². The summed E-state index contributed by atoms with van der Waals surface area (Å²) in [5, 5.41) is 12.7. The first kappa shape index (κ1) is 29.8. The highest BCUT2D eigenvalue weighted by Gasteiger charge is 2.44. The molecule has 2 bridgehead atoms. The standard InChI is InChI=1S/C31H30Cl4N5OP/c1-2-19-18-40-10-8-20(19)11-30(40)31(28-7-9-36-29-6-4-3-5-27(28)29)39-42(41,37-25-14-21(32)12-22(33)15-25)38-26-16-23(34)13-24(35)17-26/h2-7,9,12-17,19-20,30-31H,1,8,10-11,18H2,(H3,37,38,39,41)/t19-,20-,30+,31-/m0/s1. The highest BCUT2D eigenvalue weighted by molar-refractivity contribution is 7.64. The van der Waals surface area contributed by atoms with Crippen molar-refractivity contribution in [2.24, 2.45) is 11.8 Å². The van der Waals surface area contributed by atoms with Gasteiger partial charge >= 0.3 is 7.59 Å². The van der Waals surface area contributed by atoms with E-state index < -0.39 is 7.59 Å². The fraction of sp³-hybridized carbons (Fsp3) is 0.258. The van der Waals surface area contributed by atoms with Crippen molar-refractivity contribution in [2.45, 2.75) is 24.9 Å². The average molecular weight is 661 g/mol. The molecule has 0 radical (unpaired) electrons. The van der Waals surface area contributed by atoms with Gasteiger partial charge in [-0.2, -0.15) is 0 Å². The monoisotopic (exact) mass is 659 g/mol. The maximum Gasteiger partial charge on any atom is 0.328 e. The Morgan fingerprint density at radius 3 is 2.12 bits per heavy atom. The van der Waals surface area contributed by atoms with E-state index in [1.807, 2.05) is 30.5 Å². The Labute approximate surface area is 265 Å². The number of halogens is 4. The minimum atomic E-state index is -3.70. The van der Waals surface area contributed by atoms with E-state index in [1.54, 1.807) is 36.4 Å². The molecule has 3 fully saturated rings. The maximum absolute atomic E-state index is 15.1. The zero-order valence-corrected chi connectivity index (χ0v) is 26.5. The minimum absolute atomic E-state index is 0.0774. The van der Waals surface area contributed by atoms with Crippen LogP contribution in [0.25, 0.3) is 10.9 Å². The van der Waals surface area contributed by atoms with Gasteiger partial charge in [0, 0.05) is 55.6 Å². The van der Waals surface area contributed by atoms with Crippen molar-refractivity contribution in [3.63, 3.8) is 0 Å². The molecule has 3 aromatic carbocycles. The van der Waals surface area contributed by atoms with Crippen LogP contribution in [-0.4, -0.2) is 29.0 Å². The Balaban J connectivity index is 1.46. The molecule has 3 saturated heterocycles. The molecule has 218 valence electrons. The van der Waals surface area contributed by atoms with Gasteiger partial charge < -0.3 is 10.2 Å². The maximum atomic E-state index is 15.1. The summed E-state index contributed by atoms with van der Waals surface area (Å²) in [5.41, 5.74) is 2.89. The molecule has 0 aliphatic carbocycles. The second-order valence-corrected chi connectivity index (χ2v) is 14.6. The van der Waals surface area contributed by atoms with Crippen LogP contribution < -0.4 is 15.3 Å². The molecule has 4 heterocycles. The van der Waals surface area contributed by atoms with Crippen LogP contribution in [0, 0.1) is 11.8 Å². The average Bonchev–Trinajstić information content (AvgIpc) is 2.94. The van der Waals surface area contributed by atoms with Gasteiger partial charge in [0.25, 0.3) is 0 Å². The number of nitrogens with zero attached hydrogens (tertiary/aromatic N) is 2. The molecule has 11 heteroatoms. The quantitative estimate of drug-likeness (QED) is 0.123. The fourth-order valence-electron chi connectivity index (χ4n) is 6.36. The number of benzene rings is 3. The molecule has 0 spiro atoms. The van der Waals surface area contributed by atoms with Crippen molar-refractivity contribution >= 4 is 76.3 Å². The molecule has 42 heavy (non-hydrogen) atoms. The molecule has 0 saturated carbocycles. The Morgan fingerprint density at radius 1 is 0.929 bits per heavy atom. The van der Waals surface area contributed by atoms with Gasteiger partial charge in [0.05, 0.1) is 11.6 Å². The van der Waals surface area contributed by atoms with Gasteiger partial charge in [0.2, 0.25) is 0 Å². The van der Waals surface area contributed by atoms with E-state index in [0.29, 0.717) is 43.3 Å². The number of anilines is 2. The summed E-state index contributed by atoms with van der Waals surface area (Å²) in [7, 11) is -3.70. The summed E-state index contributed by atoms with van der Waals surface area (Å²) in [6.45, 7) is 5.98. The van der Waals surface area contributed by atoms with Crippen molar-refractivity contribution < 1.29 is 4.57 Å². The number of nitrogens with one attached hydrogen (secondary N) is 3. The third-order valence-electron chi connectivity index (χ3n) is 8.18. The van der Waals surface area contributed by atoms with Gasteiger partial charge in [-0.1, -0.05) is 70.7 Å². The number of rotatable bonds is 9. The van der Waals surface area contributed by atoms with E-state index in [1.165, 1.54) is 0 Å². The first-order chi connectivity index (χ1) is 20.2. The molecule has 3 N–H and O–H groups in total. The number of pyridine rings is 1. The lowest BCUT2D eigenvalue weighted by Gasteiger charge is -2.52. The molecule has 6 nitrogen and oxygen atoms in total. The van der Waals surface area contributed by atoms with E-state index in [-0.39, 0.29) is 12.1 Å². The van der Waals surface area contributed by atoms with Crippen molar-refractivity contribution in [2.75, 3.05) is 23.3 Å². The number of para-hydroxylation sites is 1. The lowest BCUT2D eigenvalue weighted by atomic mass is 9.73. The molecule has 7 rings (SSSR count). The first-order valence-corrected chi connectivity index (χ1v) is 17.0. The number of fused-ring (bicyclic) bond motifs is 4. The summed E-state index contributed by atoms with van der Waals surface area (Å²) < 4.78 is 15.1. The zero-order chi connectivity index (χ0) is 29.4. The molecule has 1 unspecified atom stereocenters. The lowest BCUT2D eigenvalue weighted by molar-refractivity contribution is 0.00484. The molecule has 3 aliphatic rings. The van der Waals surface area contributed by atoms with Crippen molar-refractivity contribution in [1.29, 1.82) is 0 Å². The van der Waals surface area contributed by atoms with Gasteiger partial charge in [-0.15, -0.1) is 6.58 Å². The highest BCUT2D eigenvalue weighted by atomic mass is 35.5. The van der Waals surface area contributed by atoms with Crippen molar-refractivity contribution in [3.8, 4) is 0 Å². The molecular weight excluding hydrogens is 631 g/mol. The summed E-state index contributed by atoms with van der Waals surface area (Å²) in [6, 6.07) is 19.8. The Bertz CT molecular complexity index is 1580. The molecule has 4 aromatic rings. The van der Waals surface area contributed by atoms with Crippen LogP contribution in [0.5, 0.6) is 0 Å². The molecule has 5 atom stereocenters. The van der Waals surface area contributed by atoms with E-state index in [0.717, 1.165) is 42.4 Å². The van der Waals surface area contributed by atoms with E-state index in [9.17, 15) is 0 Å². The van der Waals surface area contributed by atoms with Crippen LogP contribution in [0.4, 0.5) is 11.4 Å². The number of hydrogen-bond acceptors (Lipinski definition) is 3. The molecule has 1 aromatic heterocycles. The van der Waals surface area contributed by atoms with Crippen LogP contribution in [0.3, 0.4) is 0 Å². The molecule has 0 amide bonds. The van der Waals surface area contributed by atoms with Crippen LogP contribution in [0.2, 0.25) is 20.1 Å². The van der Waals surface area contributed by atoms with E-state index in [4.69, 9.17) is 46.4 Å². The second kappa shape index (κ2) is 12.4. The number of hydrogen-bond donors (Lipinski definition) is 3. The first-order valence-electron chi connectivity index (χ1n) is 13.8. The minimum Gasteiger partial charge on any atom is -0.308 e. The van der Waals surface area contributed by atoms with Crippen LogP contribution in [0.15, 0.2) is 85.6 Å². The molecule has 3 aliphatic heterocycles. The lowest BCUT2D eigenvalue weighted by Crippen LogP contribution is -2.56. The topological polar surface area (TPSA) is 69.3 Å². The van der Waals surface area contributed by atoms with Crippen LogP contribution >= 0.6 is 54.0 Å². The van der Waals surface area contributed by atoms with Gasteiger partial charge in [0.1, 0.15) is 0 Å². The smallest absolute Gasteiger partial charge is 0.308 e. The predicted octanol–water partition coefficient (Wildman–Crippen LogP) is 9.71. The van der Waals surface area contributed by atoms with Crippen molar-refractivity contribution in [3.05, 3.63) is 111 Å². The zero-order valence-electron chi connectivity index (χ0n) is 22.6. The Morgan fingerprint density at radius 2 is 1.55 bits per heavy atom. The van der Waals surface area contributed by atoms with Gasteiger partial charge in [0.15, 0.2) is 0 Å². The number of piperidine rings is 3. The highest BCUT2D eigenvalue weighted by Crippen LogP contribution is 2.50. The van der Waals surface area contributed by atoms with Gasteiger partial charge in [-0.25, -0.2) is 5.09 Å². The summed E-state index contributed by atoms with van der Waals surface area (Å²) in [4.78, 5) is 7.10. The second-order valence-electron chi connectivity index (χ2n) is 10.9. The Kier molecular flexibility index (Phi) is 8.77. The normalized spacial score (nSPS) is 22.6. The van der Waals surface area contributed by atoms with E-state index >= 15 is 4.57 Å². The third-order valence-corrected chi connectivity index (χ3v) is 10.8. The van der Waals surface area contributed by atoms with Crippen molar-refractivity contribution in [1.82, 2.24) is 15.0 Å². The van der Waals surface area contributed by atoms with Crippen LogP contribution in [0.1, 0.15) is 24.4 Å². The van der Waals surface area contributed by atoms with Gasteiger partial charge in [-0.3, -0.25) is 14.4 Å². The number of aromatic nitrogens is 1.